The van der Waals surface area contributed by atoms with Crippen LogP contribution in [0, 0.1) is 57.2 Å². The van der Waals surface area contributed by atoms with E-state index in [2.05, 4.69) is 41.5 Å². The molecule has 0 radical (unpaired) electrons. The molecule has 5 saturated carbocycles. The molecule has 0 saturated heterocycles. The van der Waals surface area contributed by atoms with E-state index in [9.17, 15) is 0 Å². The zero-order chi connectivity index (χ0) is 12.9. The van der Waals surface area contributed by atoms with Gasteiger partial charge in [-0.05, 0) is 70.0 Å². The molecule has 9 unspecified atom stereocenters. The topological polar surface area (TPSA) is 0 Å². The monoisotopic (exact) mass is 244 g/mol. The minimum absolute atomic E-state index is 0.722. The fraction of sp³-hybridized carbons (Fsp3) is 1.00. The van der Waals surface area contributed by atoms with Gasteiger partial charge in [-0.1, -0.05) is 41.5 Å². The second-order valence-corrected chi connectivity index (χ2v) is 9.66. The summed E-state index contributed by atoms with van der Waals surface area (Å²) in [5, 5.41) is 0. The third kappa shape index (κ3) is 0.562. The Kier molecular flexibility index (Phi) is 1.34. The molecule has 0 heteroatoms. The van der Waals surface area contributed by atoms with Gasteiger partial charge in [-0.3, -0.25) is 0 Å². The smallest absolute Gasteiger partial charge is 0.0162 e. The van der Waals surface area contributed by atoms with E-state index in [1.165, 1.54) is 0 Å². The van der Waals surface area contributed by atoms with E-state index in [0.29, 0.717) is 0 Å². The van der Waals surface area contributed by atoms with Crippen LogP contribution in [0.2, 0.25) is 0 Å². The van der Waals surface area contributed by atoms with Gasteiger partial charge in [0.1, 0.15) is 0 Å². The quantitative estimate of drug-likeness (QED) is 0.632. The highest BCUT2D eigenvalue weighted by Crippen LogP contribution is 3.05. The first-order chi connectivity index (χ1) is 8.28. The minimum Gasteiger partial charge on any atom is -0.0625 e. The summed E-state index contributed by atoms with van der Waals surface area (Å²) in [5.41, 5.74) is 3.09. The van der Waals surface area contributed by atoms with Crippen molar-refractivity contribution >= 4 is 0 Å². The molecule has 0 aliphatic heterocycles. The number of hydrogen-bond donors (Lipinski definition) is 0. The Hall–Kier alpha value is 0. The summed E-state index contributed by atoms with van der Waals surface area (Å²) in [7, 11) is 0. The third-order valence-corrected chi connectivity index (χ3v) is 9.78. The molecule has 18 heavy (non-hydrogen) atoms. The van der Waals surface area contributed by atoms with Gasteiger partial charge in [0.25, 0.3) is 0 Å². The summed E-state index contributed by atoms with van der Waals surface area (Å²) in [5.74, 6) is 6.29. The van der Waals surface area contributed by atoms with Gasteiger partial charge in [0.15, 0.2) is 0 Å². The molecular formula is C18H28. The Morgan fingerprint density at radius 1 is 0.944 bits per heavy atom. The zero-order valence-corrected chi connectivity index (χ0v) is 12.9. The largest absolute Gasteiger partial charge is 0.0625 e. The molecule has 0 bridgehead atoms. The van der Waals surface area contributed by atoms with E-state index in [1.807, 2.05) is 0 Å². The Morgan fingerprint density at radius 2 is 1.61 bits per heavy atom. The van der Waals surface area contributed by atoms with Gasteiger partial charge in [-0.15, -0.1) is 0 Å². The second kappa shape index (κ2) is 2.25. The summed E-state index contributed by atoms with van der Waals surface area (Å²) in [4.78, 5) is 0. The summed E-state index contributed by atoms with van der Waals surface area (Å²) >= 11 is 0. The molecule has 5 aliphatic carbocycles. The number of fused-ring (bicyclic) bond motifs is 5. The molecular weight excluding hydrogens is 216 g/mol. The Morgan fingerprint density at radius 3 is 2.17 bits per heavy atom. The lowest BCUT2D eigenvalue weighted by Crippen LogP contribution is -2.93. The molecule has 0 heterocycles. The van der Waals surface area contributed by atoms with Crippen molar-refractivity contribution < 1.29 is 0 Å². The van der Waals surface area contributed by atoms with Crippen molar-refractivity contribution in [1.82, 2.24) is 0 Å². The lowest BCUT2D eigenvalue weighted by atomic mass is 9.07. The van der Waals surface area contributed by atoms with Crippen molar-refractivity contribution in [2.24, 2.45) is 57.2 Å². The van der Waals surface area contributed by atoms with Gasteiger partial charge in [0.2, 0.25) is 0 Å². The first-order valence-corrected chi connectivity index (χ1v) is 8.28. The molecule has 0 aromatic rings. The average molecular weight is 244 g/mol. The minimum atomic E-state index is 0.722. The molecule has 5 aliphatic rings. The molecule has 9 atom stereocenters. The predicted molar refractivity (Wildman–Crippen MR) is 74.0 cm³/mol. The molecule has 0 aromatic heterocycles. The molecule has 0 amide bonds. The predicted octanol–water partition coefficient (Wildman–Crippen LogP) is 4.60. The van der Waals surface area contributed by atoms with Crippen LogP contribution in [0.5, 0.6) is 0 Å². The van der Waals surface area contributed by atoms with E-state index in [0.717, 1.165) is 57.2 Å². The van der Waals surface area contributed by atoms with E-state index in [1.54, 1.807) is 12.8 Å². The maximum atomic E-state index is 2.68. The van der Waals surface area contributed by atoms with Crippen molar-refractivity contribution in [2.75, 3.05) is 0 Å². The maximum Gasteiger partial charge on any atom is -0.0162 e. The van der Waals surface area contributed by atoms with Gasteiger partial charge < -0.3 is 0 Å². The summed E-state index contributed by atoms with van der Waals surface area (Å²) in [6, 6.07) is 0. The van der Waals surface area contributed by atoms with Crippen LogP contribution >= 0.6 is 0 Å². The third-order valence-electron chi connectivity index (χ3n) is 9.78. The lowest BCUT2D eigenvalue weighted by Gasteiger charge is -2.97. The Bertz CT molecular complexity index is 478. The van der Waals surface area contributed by atoms with E-state index >= 15 is 0 Å². The zero-order valence-electron chi connectivity index (χ0n) is 12.9. The summed E-state index contributed by atoms with van der Waals surface area (Å²) < 4.78 is 0. The molecule has 1 spiro atoms. The molecule has 0 nitrogen and oxygen atoms in total. The average Bonchev–Trinajstić information content (AvgIpc) is 2.91. The summed E-state index contributed by atoms with van der Waals surface area (Å²) in [6.07, 6.45) is 3.14. The van der Waals surface area contributed by atoms with Crippen molar-refractivity contribution in [3.05, 3.63) is 0 Å². The Balaban J connectivity index is 1.63. The van der Waals surface area contributed by atoms with Gasteiger partial charge in [-0.25, -0.2) is 0 Å². The van der Waals surface area contributed by atoms with Crippen LogP contribution < -0.4 is 0 Å². The van der Waals surface area contributed by atoms with Gasteiger partial charge in [0.05, 0.1) is 0 Å². The maximum absolute atomic E-state index is 2.68. The molecule has 100 valence electrons. The van der Waals surface area contributed by atoms with Crippen LogP contribution in [0.1, 0.15) is 54.4 Å². The number of rotatable bonds is 1. The molecule has 5 fully saturated rings. The van der Waals surface area contributed by atoms with Crippen LogP contribution in [0.25, 0.3) is 0 Å². The highest BCUT2D eigenvalue weighted by molar-refractivity contribution is 5.47. The van der Waals surface area contributed by atoms with Gasteiger partial charge >= 0.3 is 0 Å². The van der Waals surface area contributed by atoms with Crippen LogP contribution in [0.3, 0.4) is 0 Å². The SMILES string of the molecule is CC(C)C1C2C3(C)C(C4CC43C)C23CC(C)C13C. The lowest BCUT2D eigenvalue weighted by molar-refractivity contribution is -0.500. The van der Waals surface area contributed by atoms with Crippen LogP contribution in [-0.2, 0) is 0 Å². The van der Waals surface area contributed by atoms with E-state index in [4.69, 9.17) is 0 Å². The van der Waals surface area contributed by atoms with Crippen LogP contribution in [0.4, 0.5) is 0 Å². The normalized spacial score (nSPS) is 77.8. The Labute approximate surface area is 112 Å². The fourth-order valence-electron chi connectivity index (χ4n) is 9.10. The molecule has 0 aromatic carbocycles. The van der Waals surface area contributed by atoms with Gasteiger partial charge in [0, 0.05) is 0 Å². The van der Waals surface area contributed by atoms with Crippen molar-refractivity contribution in [2.45, 2.75) is 54.4 Å². The van der Waals surface area contributed by atoms with E-state index < -0.39 is 0 Å². The van der Waals surface area contributed by atoms with E-state index in [-0.39, 0.29) is 0 Å². The van der Waals surface area contributed by atoms with Crippen molar-refractivity contribution in [3.8, 4) is 0 Å². The van der Waals surface area contributed by atoms with Gasteiger partial charge in [-0.2, -0.15) is 0 Å². The fourth-order valence-corrected chi connectivity index (χ4v) is 9.10. The van der Waals surface area contributed by atoms with Crippen molar-refractivity contribution in [3.63, 3.8) is 0 Å². The van der Waals surface area contributed by atoms with Crippen LogP contribution in [-0.4, -0.2) is 0 Å². The molecule has 0 N–H and O–H groups in total. The molecule has 5 rings (SSSR count). The number of hydrogen-bond acceptors (Lipinski definition) is 0. The highest BCUT2D eigenvalue weighted by Gasteiger charge is 3.00. The standard InChI is InChI=1S/C18H28/c1-9(2)12-14-17(6)13(11-8-15(11,17)4)18(14)7-10(3)16(12,18)5/h9-14H,7-8H2,1-6H3. The summed E-state index contributed by atoms with van der Waals surface area (Å²) in [6.45, 7) is 15.5. The second-order valence-electron chi connectivity index (χ2n) is 9.66. The highest BCUT2D eigenvalue weighted by atomic mass is 15.0. The first kappa shape index (κ1) is 10.7. The van der Waals surface area contributed by atoms with Crippen molar-refractivity contribution in [1.29, 1.82) is 0 Å². The van der Waals surface area contributed by atoms with Crippen LogP contribution in [0.15, 0.2) is 0 Å². The first-order valence-electron chi connectivity index (χ1n) is 8.28.